The van der Waals surface area contributed by atoms with Crippen molar-refractivity contribution in [3.63, 3.8) is 0 Å². The summed E-state index contributed by atoms with van der Waals surface area (Å²) in [6.45, 7) is 10.4. The van der Waals surface area contributed by atoms with Gasteiger partial charge in [-0.3, -0.25) is 9.69 Å². The largest absolute Gasteiger partial charge is 0.492 e. The van der Waals surface area contributed by atoms with Crippen LogP contribution in [0, 0.1) is 13.8 Å². The molecule has 1 aliphatic carbocycles. The number of amides is 1. The highest BCUT2D eigenvalue weighted by molar-refractivity contribution is 5.94. The molecule has 2 aromatic rings. The smallest absolute Gasteiger partial charge is 0.416 e. The zero-order chi connectivity index (χ0) is 25.2. The standard InChI is InChI=1S/C27H34F3N3O2/c1-18-19(2)25(35-17-12-31-23-8-9-23)11-10-24(18)20(3)32-13-15-33(16-14-32)26(34)21-4-6-22(7-5-21)27(28,29)30/h4-7,10-11,20,23,31H,8-9,12-17H2,1-3H3. The van der Waals surface area contributed by atoms with Gasteiger partial charge < -0.3 is 15.0 Å². The fourth-order valence-electron chi connectivity index (χ4n) is 4.63. The molecular formula is C27H34F3N3O2. The highest BCUT2D eigenvalue weighted by Gasteiger charge is 2.31. The third-order valence-corrected chi connectivity index (χ3v) is 7.21. The molecule has 0 radical (unpaired) electrons. The first kappa shape index (κ1) is 25.5. The molecule has 2 fully saturated rings. The van der Waals surface area contributed by atoms with Crippen LogP contribution in [0.4, 0.5) is 13.2 Å². The van der Waals surface area contributed by atoms with E-state index in [0.717, 1.165) is 30.0 Å². The van der Waals surface area contributed by atoms with Crippen LogP contribution in [-0.4, -0.2) is 61.1 Å². The van der Waals surface area contributed by atoms with Gasteiger partial charge in [-0.15, -0.1) is 0 Å². The Morgan fingerprint density at radius 2 is 1.69 bits per heavy atom. The minimum atomic E-state index is -4.41. The van der Waals surface area contributed by atoms with Crippen LogP contribution in [0.5, 0.6) is 5.75 Å². The highest BCUT2D eigenvalue weighted by Crippen LogP contribution is 2.32. The molecule has 4 rings (SSSR count). The van der Waals surface area contributed by atoms with Gasteiger partial charge in [-0.2, -0.15) is 13.2 Å². The summed E-state index contributed by atoms with van der Waals surface area (Å²) in [5.41, 5.74) is 3.15. The van der Waals surface area contributed by atoms with Crippen LogP contribution >= 0.6 is 0 Å². The van der Waals surface area contributed by atoms with Crippen LogP contribution in [0.2, 0.25) is 0 Å². The van der Waals surface area contributed by atoms with E-state index in [4.69, 9.17) is 4.74 Å². The third-order valence-electron chi connectivity index (χ3n) is 7.21. The van der Waals surface area contributed by atoms with Gasteiger partial charge in [0.15, 0.2) is 0 Å². The van der Waals surface area contributed by atoms with E-state index in [0.29, 0.717) is 38.8 Å². The maximum atomic E-state index is 12.8. The molecule has 2 aliphatic rings. The minimum Gasteiger partial charge on any atom is -0.492 e. The normalized spacial score (nSPS) is 17.9. The lowest BCUT2D eigenvalue weighted by Crippen LogP contribution is -2.49. The van der Waals surface area contributed by atoms with Gasteiger partial charge in [0.25, 0.3) is 5.91 Å². The van der Waals surface area contributed by atoms with Crippen molar-refractivity contribution in [2.75, 3.05) is 39.3 Å². The van der Waals surface area contributed by atoms with Gasteiger partial charge in [-0.1, -0.05) is 6.07 Å². The summed E-state index contributed by atoms with van der Waals surface area (Å²) < 4.78 is 44.4. The number of carbonyl (C=O) groups is 1. The Labute approximate surface area is 205 Å². The van der Waals surface area contributed by atoms with E-state index >= 15 is 0 Å². The summed E-state index contributed by atoms with van der Waals surface area (Å²) in [5.74, 6) is 0.693. The molecule has 0 bridgehead atoms. The van der Waals surface area contributed by atoms with Crippen molar-refractivity contribution in [2.45, 2.75) is 51.9 Å². The molecule has 35 heavy (non-hydrogen) atoms. The molecule has 1 heterocycles. The molecule has 2 aromatic carbocycles. The summed E-state index contributed by atoms with van der Waals surface area (Å²) in [6, 6.07) is 9.50. The molecule has 1 unspecified atom stereocenters. The number of piperazine rings is 1. The van der Waals surface area contributed by atoms with E-state index in [1.54, 1.807) is 4.90 Å². The van der Waals surface area contributed by atoms with E-state index in [1.165, 1.54) is 36.1 Å². The Morgan fingerprint density at radius 1 is 1.03 bits per heavy atom. The summed E-state index contributed by atoms with van der Waals surface area (Å²) >= 11 is 0. The third kappa shape index (κ3) is 6.16. The zero-order valence-electron chi connectivity index (χ0n) is 20.6. The zero-order valence-corrected chi connectivity index (χ0v) is 20.6. The number of rotatable bonds is 8. The Balaban J connectivity index is 1.32. The number of nitrogens with zero attached hydrogens (tertiary/aromatic N) is 2. The van der Waals surface area contributed by atoms with Crippen molar-refractivity contribution in [1.29, 1.82) is 0 Å². The highest BCUT2D eigenvalue weighted by atomic mass is 19.4. The van der Waals surface area contributed by atoms with Gasteiger partial charge in [0.2, 0.25) is 0 Å². The molecule has 1 saturated carbocycles. The fourth-order valence-corrected chi connectivity index (χ4v) is 4.63. The van der Waals surface area contributed by atoms with Crippen molar-refractivity contribution in [3.8, 4) is 5.75 Å². The summed E-state index contributed by atoms with van der Waals surface area (Å²) in [6.07, 6.45) is -1.87. The van der Waals surface area contributed by atoms with Gasteiger partial charge >= 0.3 is 6.18 Å². The second-order valence-corrected chi connectivity index (χ2v) is 9.56. The van der Waals surface area contributed by atoms with Crippen LogP contribution in [0.15, 0.2) is 36.4 Å². The average molecular weight is 490 g/mol. The number of hydrogen-bond acceptors (Lipinski definition) is 4. The molecule has 5 nitrogen and oxygen atoms in total. The number of halogens is 3. The summed E-state index contributed by atoms with van der Waals surface area (Å²) in [4.78, 5) is 16.9. The van der Waals surface area contributed by atoms with E-state index in [1.807, 2.05) is 0 Å². The van der Waals surface area contributed by atoms with E-state index in [-0.39, 0.29) is 17.5 Å². The fraction of sp³-hybridized carbons (Fsp3) is 0.519. The first-order valence-electron chi connectivity index (χ1n) is 12.3. The maximum absolute atomic E-state index is 12.8. The van der Waals surface area contributed by atoms with Crippen LogP contribution in [0.3, 0.4) is 0 Å². The maximum Gasteiger partial charge on any atom is 0.416 e. The van der Waals surface area contributed by atoms with Gasteiger partial charge in [-0.05, 0) is 80.6 Å². The van der Waals surface area contributed by atoms with Gasteiger partial charge in [-0.25, -0.2) is 0 Å². The predicted molar refractivity (Wildman–Crippen MR) is 130 cm³/mol. The van der Waals surface area contributed by atoms with Crippen molar-refractivity contribution in [2.24, 2.45) is 0 Å². The van der Waals surface area contributed by atoms with Gasteiger partial charge in [0.1, 0.15) is 12.4 Å². The molecule has 8 heteroatoms. The second-order valence-electron chi connectivity index (χ2n) is 9.56. The number of carbonyl (C=O) groups excluding carboxylic acids is 1. The van der Waals surface area contributed by atoms with Crippen molar-refractivity contribution in [1.82, 2.24) is 15.1 Å². The number of benzene rings is 2. The average Bonchev–Trinajstić information content (AvgIpc) is 3.68. The molecule has 0 aromatic heterocycles. The van der Waals surface area contributed by atoms with Crippen molar-refractivity contribution < 1.29 is 22.7 Å². The Hall–Kier alpha value is -2.58. The van der Waals surface area contributed by atoms with E-state index in [2.05, 4.69) is 43.1 Å². The lowest BCUT2D eigenvalue weighted by molar-refractivity contribution is -0.137. The van der Waals surface area contributed by atoms with Crippen molar-refractivity contribution >= 4 is 5.91 Å². The van der Waals surface area contributed by atoms with Crippen LogP contribution in [-0.2, 0) is 6.18 Å². The Morgan fingerprint density at radius 3 is 2.29 bits per heavy atom. The quantitative estimate of drug-likeness (QED) is 0.532. The van der Waals surface area contributed by atoms with Crippen LogP contribution < -0.4 is 10.1 Å². The SMILES string of the molecule is Cc1c(OCCNC2CC2)ccc(C(C)N2CCN(C(=O)c3ccc(C(F)(F)F)cc3)CC2)c1C. The van der Waals surface area contributed by atoms with E-state index in [9.17, 15) is 18.0 Å². The topological polar surface area (TPSA) is 44.8 Å². The molecule has 190 valence electrons. The molecule has 1 atom stereocenters. The molecule has 0 spiro atoms. The second kappa shape index (κ2) is 10.6. The molecule has 1 aliphatic heterocycles. The summed E-state index contributed by atoms with van der Waals surface area (Å²) in [5, 5.41) is 3.46. The van der Waals surface area contributed by atoms with Gasteiger partial charge in [0, 0.05) is 50.4 Å². The predicted octanol–water partition coefficient (Wildman–Crippen LogP) is 4.97. The first-order chi connectivity index (χ1) is 16.6. The number of hydrogen-bond donors (Lipinski definition) is 1. The molecule has 1 amide bonds. The molecular weight excluding hydrogens is 455 g/mol. The number of nitrogens with one attached hydrogen (secondary N) is 1. The minimum absolute atomic E-state index is 0.183. The van der Waals surface area contributed by atoms with E-state index < -0.39 is 11.7 Å². The Kier molecular flexibility index (Phi) is 7.71. The van der Waals surface area contributed by atoms with Crippen molar-refractivity contribution in [3.05, 3.63) is 64.2 Å². The number of ether oxygens (including phenoxy) is 1. The van der Waals surface area contributed by atoms with Crippen LogP contribution in [0.1, 0.15) is 58.4 Å². The lowest BCUT2D eigenvalue weighted by Gasteiger charge is -2.39. The van der Waals surface area contributed by atoms with Gasteiger partial charge in [0.05, 0.1) is 5.56 Å². The Bertz CT molecular complexity index is 1030. The molecule has 1 saturated heterocycles. The van der Waals surface area contributed by atoms with Crippen LogP contribution in [0.25, 0.3) is 0 Å². The monoisotopic (exact) mass is 489 g/mol. The lowest BCUT2D eigenvalue weighted by atomic mass is 9.96. The summed E-state index contributed by atoms with van der Waals surface area (Å²) in [7, 11) is 0. The first-order valence-corrected chi connectivity index (χ1v) is 12.3. The number of alkyl halides is 3. The molecule has 1 N–H and O–H groups in total.